The Labute approximate surface area is 153 Å². The molecule has 4 fully saturated rings. The standard InChI is InChI=1S/C22H24N2O2/c25-19-11-17-20-14-10-18-22(7-8-23(18)12-13(14)4-3-9-26-17)15-5-1-2-6-16(15)24(19)21(20)22/h1-2,4-6,14,17-18,20-21H,3,7-12H2/b13-4+/t14-,17+,18+,20-,21+,22-/m0/s1. The second-order valence-electron chi connectivity index (χ2n) is 9.10. The summed E-state index contributed by atoms with van der Waals surface area (Å²) in [5.74, 6) is 1.34. The maximum atomic E-state index is 13.3. The molecule has 5 aliphatic heterocycles. The SMILES string of the molecule is O=C1C[C@H]2OCC/C=C3\CN4CC[C@@]56c7ccccc7N1[C@@H]5[C@H]2[C@H]3C[C@@H]46. The smallest absolute Gasteiger partial charge is 0.229 e. The molecule has 1 spiro atoms. The van der Waals surface area contributed by atoms with Crippen LogP contribution in [-0.4, -0.2) is 48.7 Å². The van der Waals surface area contributed by atoms with Crippen LogP contribution in [0, 0.1) is 11.8 Å². The van der Waals surface area contributed by atoms with Crippen LogP contribution >= 0.6 is 0 Å². The predicted molar refractivity (Wildman–Crippen MR) is 98.0 cm³/mol. The highest BCUT2D eigenvalue weighted by molar-refractivity contribution is 5.99. The van der Waals surface area contributed by atoms with E-state index in [9.17, 15) is 4.79 Å². The third-order valence-corrected chi connectivity index (χ3v) is 8.42. The van der Waals surface area contributed by atoms with E-state index in [2.05, 4.69) is 40.1 Å². The summed E-state index contributed by atoms with van der Waals surface area (Å²) in [6.45, 7) is 3.07. The number of hydrogen-bond donors (Lipinski definition) is 0. The number of fused-ring (bicyclic) bond motifs is 2. The van der Waals surface area contributed by atoms with Gasteiger partial charge in [-0.1, -0.05) is 29.8 Å². The summed E-state index contributed by atoms with van der Waals surface area (Å²) in [5.41, 5.74) is 4.41. The summed E-state index contributed by atoms with van der Waals surface area (Å²) in [6, 6.07) is 9.66. The topological polar surface area (TPSA) is 32.8 Å². The van der Waals surface area contributed by atoms with Crippen LogP contribution in [0.2, 0.25) is 0 Å². The number of carbonyl (C=O) groups excluding carboxylic acids is 1. The molecule has 4 nitrogen and oxygen atoms in total. The van der Waals surface area contributed by atoms with Crippen molar-refractivity contribution in [2.75, 3.05) is 24.6 Å². The highest BCUT2D eigenvalue weighted by Crippen LogP contribution is 2.65. The molecule has 6 atom stereocenters. The van der Waals surface area contributed by atoms with Crippen LogP contribution in [0.1, 0.15) is 31.2 Å². The number of carbonyl (C=O) groups is 1. The fraction of sp³-hybridized carbons (Fsp3) is 0.591. The molecule has 0 unspecified atom stereocenters. The molecular weight excluding hydrogens is 324 g/mol. The zero-order valence-electron chi connectivity index (χ0n) is 14.9. The second-order valence-corrected chi connectivity index (χ2v) is 9.10. The van der Waals surface area contributed by atoms with E-state index in [4.69, 9.17) is 4.74 Å². The normalized spacial score (nSPS) is 47.1. The molecule has 1 saturated carbocycles. The van der Waals surface area contributed by atoms with E-state index in [0.29, 0.717) is 30.3 Å². The van der Waals surface area contributed by atoms with Gasteiger partial charge in [0.2, 0.25) is 5.91 Å². The van der Waals surface area contributed by atoms with Gasteiger partial charge in [0.25, 0.3) is 0 Å². The van der Waals surface area contributed by atoms with Crippen molar-refractivity contribution in [3.05, 3.63) is 41.5 Å². The minimum atomic E-state index is 0.108. The van der Waals surface area contributed by atoms with Gasteiger partial charge >= 0.3 is 0 Å². The van der Waals surface area contributed by atoms with Gasteiger partial charge < -0.3 is 9.64 Å². The van der Waals surface area contributed by atoms with E-state index < -0.39 is 0 Å². The van der Waals surface area contributed by atoms with E-state index in [1.165, 1.54) is 30.6 Å². The minimum Gasteiger partial charge on any atom is -0.377 e. The zero-order valence-corrected chi connectivity index (χ0v) is 14.9. The first-order valence-electron chi connectivity index (χ1n) is 10.3. The summed E-state index contributed by atoms with van der Waals surface area (Å²) in [7, 11) is 0. The Morgan fingerprint density at radius 2 is 2.15 bits per heavy atom. The van der Waals surface area contributed by atoms with E-state index in [1.807, 2.05) is 0 Å². The number of amides is 1. The van der Waals surface area contributed by atoms with Crippen molar-refractivity contribution in [1.29, 1.82) is 0 Å². The Morgan fingerprint density at radius 3 is 3.12 bits per heavy atom. The van der Waals surface area contributed by atoms with Crippen LogP contribution < -0.4 is 4.90 Å². The highest BCUT2D eigenvalue weighted by Gasteiger charge is 2.70. The van der Waals surface area contributed by atoms with Crippen molar-refractivity contribution in [2.24, 2.45) is 11.8 Å². The van der Waals surface area contributed by atoms with Gasteiger partial charge in [-0.05, 0) is 43.4 Å². The molecule has 3 saturated heterocycles. The van der Waals surface area contributed by atoms with E-state index in [1.54, 1.807) is 5.57 Å². The number of piperidine rings is 2. The van der Waals surface area contributed by atoms with Gasteiger partial charge in [-0.3, -0.25) is 9.69 Å². The highest BCUT2D eigenvalue weighted by atomic mass is 16.5. The summed E-state index contributed by atoms with van der Waals surface area (Å²) in [5, 5.41) is 0. The average molecular weight is 348 g/mol. The number of rotatable bonds is 0. The van der Waals surface area contributed by atoms with Gasteiger partial charge in [0.1, 0.15) is 0 Å². The number of para-hydroxylation sites is 1. The van der Waals surface area contributed by atoms with E-state index in [-0.39, 0.29) is 17.4 Å². The molecule has 4 heteroatoms. The van der Waals surface area contributed by atoms with Crippen molar-refractivity contribution in [2.45, 2.75) is 49.3 Å². The van der Waals surface area contributed by atoms with Gasteiger partial charge in [0.05, 0.1) is 25.2 Å². The number of anilines is 1. The van der Waals surface area contributed by atoms with Crippen LogP contribution in [0.5, 0.6) is 0 Å². The molecule has 2 bridgehead atoms. The van der Waals surface area contributed by atoms with Crippen molar-refractivity contribution < 1.29 is 9.53 Å². The Morgan fingerprint density at radius 1 is 1.23 bits per heavy atom. The lowest BCUT2D eigenvalue weighted by atomic mass is 9.53. The summed E-state index contributed by atoms with van der Waals surface area (Å²) >= 11 is 0. The molecule has 1 aliphatic carbocycles. The predicted octanol–water partition coefficient (Wildman–Crippen LogP) is 2.48. The quantitative estimate of drug-likeness (QED) is 0.676. The molecule has 1 aromatic rings. The van der Waals surface area contributed by atoms with Crippen LogP contribution in [0.4, 0.5) is 5.69 Å². The first-order chi connectivity index (χ1) is 12.8. The Hall–Kier alpha value is -1.65. The molecule has 0 N–H and O–H groups in total. The number of nitrogens with zero attached hydrogens (tertiary/aromatic N) is 2. The van der Waals surface area contributed by atoms with Gasteiger partial charge in [-0.25, -0.2) is 0 Å². The molecule has 134 valence electrons. The summed E-state index contributed by atoms with van der Waals surface area (Å²) in [6.07, 6.45) is 6.57. The number of hydrogen-bond acceptors (Lipinski definition) is 3. The van der Waals surface area contributed by atoms with Gasteiger partial charge in [-0.2, -0.15) is 0 Å². The lowest BCUT2D eigenvalue weighted by Crippen LogP contribution is -2.69. The van der Waals surface area contributed by atoms with E-state index in [0.717, 1.165) is 19.6 Å². The Kier molecular flexibility index (Phi) is 2.55. The molecular formula is C22H24N2O2. The van der Waals surface area contributed by atoms with Crippen molar-refractivity contribution in [1.82, 2.24) is 4.90 Å². The number of ether oxygens (including phenoxy) is 1. The molecule has 1 aromatic carbocycles. The van der Waals surface area contributed by atoms with Crippen LogP contribution in [0.3, 0.4) is 0 Å². The molecule has 6 aliphatic rings. The monoisotopic (exact) mass is 348 g/mol. The molecule has 5 heterocycles. The third kappa shape index (κ3) is 1.43. The fourth-order valence-electron chi connectivity index (χ4n) is 7.69. The lowest BCUT2D eigenvalue weighted by Gasteiger charge is -2.59. The van der Waals surface area contributed by atoms with Gasteiger partial charge in [0.15, 0.2) is 0 Å². The average Bonchev–Trinajstić information content (AvgIpc) is 3.18. The molecule has 7 rings (SSSR count). The van der Waals surface area contributed by atoms with Crippen LogP contribution in [0.15, 0.2) is 35.9 Å². The maximum Gasteiger partial charge on any atom is 0.229 e. The number of benzene rings is 1. The summed E-state index contributed by atoms with van der Waals surface area (Å²) < 4.78 is 6.32. The first kappa shape index (κ1) is 14.4. The largest absolute Gasteiger partial charge is 0.377 e. The lowest BCUT2D eigenvalue weighted by molar-refractivity contribution is -0.135. The third-order valence-electron chi connectivity index (χ3n) is 8.42. The first-order valence-corrected chi connectivity index (χ1v) is 10.3. The van der Waals surface area contributed by atoms with Crippen molar-refractivity contribution in [3.8, 4) is 0 Å². The molecule has 0 radical (unpaired) electrons. The zero-order chi connectivity index (χ0) is 17.0. The Balaban J connectivity index is 1.53. The van der Waals surface area contributed by atoms with Gasteiger partial charge in [-0.15, -0.1) is 0 Å². The van der Waals surface area contributed by atoms with Crippen molar-refractivity contribution >= 4 is 11.6 Å². The maximum absolute atomic E-state index is 13.3. The Bertz CT molecular complexity index is 863. The fourth-order valence-corrected chi connectivity index (χ4v) is 7.69. The molecule has 0 aromatic heterocycles. The van der Waals surface area contributed by atoms with Crippen molar-refractivity contribution in [3.63, 3.8) is 0 Å². The van der Waals surface area contributed by atoms with E-state index >= 15 is 0 Å². The second kappa shape index (κ2) is 4.60. The molecule has 26 heavy (non-hydrogen) atoms. The molecule has 1 amide bonds. The van der Waals surface area contributed by atoms with Crippen LogP contribution in [-0.2, 0) is 14.9 Å². The minimum absolute atomic E-state index is 0.108. The summed E-state index contributed by atoms with van der Waals surface area (Å²) in [4.78, 5) is 18.2. The van der Waals surface area contributed by atoms with Gasteiger partial charge in [0, 0.05) is 29.6 Å². The van der Waals surface area contributed by atoms with Crippen LogP contribution in [0.25, 0.3) is 0 Å².